The fourth-order valence-electron chi connectivity index (χ4n) is 3.07. The van der Waals surface area contributed by atoms with Crippen LogP contribution in [0.3, 0.4) is 0 Å². The number of benzene rings is 3. The lowest BCUT2D eigenvalue weighted by Crippen LogP contribution is -2.33. The molecule has 3 N–H and O–H groups in total. The van der Waals surface area contributed by atoms with Crippen molar-refractivity contribution in [1.29, 1.82) is 0 Å². The second-order valence-corrected chi connectivity index (χ2v) is 6.83. The maximum absolute atomic E-state index is 12.5. The van der Waals surface area contributed by atoms with Gasteiger partial charge in [0, 0.05) is 17.8 Å². The van der Waals surface area contributed by atoms with Gasteiger partial charge in [-0.15, -0.1) is 0 Å². The number of hydrogen-bond acceptors (Lipinski definition) is 6. The van der Waals surface area contributed by atoms with Crippen LogP contribution in [-0.2, 0) is 16.0 Å². The second kappa shape index (κ2) is 10.0. The highest BCUT2D eigenvalue weighted by atomic mass is 16.6. The highest BCUT2D eigenvalue weighted by Crippen LogP contribution is 2.21. The molecule has 0 aliphatic heterocycles. The minimum atomic E-state index is -0.907. The van der Waals surface area contributed by atoms with Gasteiger partial charge in [0.1, 0.15) is 0 Å². The number of nitrogens with two attached hydrogens (primary N) is 1. The summed E-state index contributed by atoms with van der Waals surface area (Å²) in [6, 6.07) is 22.3. The van der Waals surface area contributed by atoms with Gasteiger partial charge in [0.15, 0.2) is 6.61 Å². The fourth-order valence-corrected chi connectivity index (χ4v) is 3.07. The molecule has 0 aromatic heterocycles. The summed E-state index contributed by atoms with van der Waals surface area (Å²) in [6.45, 7) is -0.543. The van der Waals surface area contributed by atoms with Crippen LogP contribution < -0.4 is 11.1 Å². The standard InChI is InChI=1S/C23H21N3O5/c24-20-12-11-18(26(29)30)14-19(20)23(28)31-15-22(27)25-21(17-9-5-2-6-10-17)13-16-7-3-1-4-8-16/h1-12,14,21H,13,15,24H2,(H,25,27)/t21-/m0/s1. The first-order valence-electron chi connectivity index (χ1n) is 9.53. The number of nitro benzene ring substituents is 1. The van der Waals surface area contributed by atoms with Crippen molar-refractivity contribution in [2.45, 2.75) is 12.5 Å². The van der Waals surface area contributed by atoms with Crippen molar-refractivity contribution in [3.63, 3.8) is 0 Å². The van der Waals surface area contributed by atoms with E-state index in [0.717, 1.165) is 17.2 Å². The maximum atomic E-state index is 12.5. The number of nitrogens with zero attached hydrogens (tertiary/aromatic N) is 1. The number of amides is 1. The van der Waals surface area contributed by atoms with E-state index in [1.54, 1.807) is 0 Å². The zero-order chi connectivity index (χ0) is 22.2. The quantitative estimate of drug-likeness (QED) is 0.249. The molecule has 8 heteroatoms. The highest BCUT2D eigenvalue weighted by Gasteiger charge is 2.20. The minimum absolute atomic E-state index is 0.0299. The normalized spacial score (nSPS) is 11.4. The second-order valence-electron chi connectivity index (χ2n) is 6.83. The first-order valence-corrected chi connectivity index (χ1v) is 9.53. The van der Waals surface area contributed by atoms with Crippen LogP contribution in [0.4, 0.5) is 11.4 Å². The largest absolute Gasteiger partial charge is 0.452 e. The minimum Gasteiger partial charge on any atom is -0.452 e. The molecular weight excluding hydrogens is 398 g/mol. The average Bonchev–Trinajstić information content (AvgIpc) is 2.78. The molecular formula is C23H21N3O5. The van der Waals surface area contributed by atoms with Crippen LogP contribution in [0.25, 0.3) is 0 Å². The lowest BCUT2D eigenvalue weighted by Gasteiger charge is -2.19. The Labute approximate surface area is 178 Å². The van der Waals surface area contributed by atoms with Crippen LogP contribution in [0.2, 0.25) is 0 Å². The van der Waals surface area contributed by atoms with E-state index >= 15 is 0 Å². The highest BCUT2D eigenvalue weighted by molar-refractivity contribution is 5.97. The lowest BCUT2D eigenvalue weighted by molar-refractivity contribution is -0.384. The molecule has 1 atom stereocenters. The number of non-ortho nitro benzene ring substituents is 1. The Balaban J connectivity index is 1.66. The Morgan fingerprint density at radius 3 is 2.29 bits per heavy atom. The van der Waals surface area contributed by atoms with Crippen LogP contribution in [0.5, 0.6) is 0 Å². The number of anilines is 1. The maximum Gasteiger partial charge on any atom is 0.341 e. The van der Waals surface area contributed by atoms with Crippen LogP contribution in [0, 0.1) is 10.1 Å². The molecule has 8 nitrogen and oxygen atoms in total. The summed E-state index contributed by atoms with van der Waals surface area (Å²) in [5.74, 6) is -1.40. The molecule has 0 aliphatic carbocycles. The Hall–Kier alpha value is -4.20. The molecule has 0 saturated carbocycles. The van der Waals surface area contributed by atoms with E-state index in [1.807, 2.05) is 60.7 Å². The van der Waals surface area contributed by atoms with Gasteiger partial charge in [-0.3, -0.25) is 14.9 Å². The zero-order valence-electron chi connectivity index (χ0n) is 16.6. The van der Waals surface area contributed by atoms with E-state index in [0.29, 0.717) is 6.42 Å². The Morgan fingerprint density at radius 1 is 1.00 bits per heavy atom. The van der Waals surface area contributed by atoms with Gasteiger partial charge in [0.2, 0.25) is 0 Å². The van der Waals surface area contributed by atoms with E-state index in [9.17, 15) is 19.7 Å². The topological polar surface area (TPSA) is 125 Å². The predicted octanol–water partition coefficient (Wildman–Crippen LogP) is 3.43. The molecule has 0 fully saturated rings. The molecule has 0 saturated heterocycles. The van der Waals surface area contributed by atoms with Gasteiger partial charge < -0.3 is 15.8 Å². The van der Waals surface area contributed by atoms with Gasteiger partial charge in [-0.1, -0.05) is 60.7 Å². The molecule has 0 heterocycles. The number of nitro groups is 1. The summed E-state index contributed by atoms with van der Waals surface area (Å²) in [4.78, 5) is 35.0. The summed E-state index contributed by atoms with van der Waals surface area (Å²) >= 11 is 0. The third-order valence-electron chi connectivity index (χ3n) is 4.62. The van der Waals surface area contributed by atoms with E-state index in [2.05, 4.69) is 5.32 Å². The van der Waals surface area contributed by atoms with Gasteiger partial charge >= 0.3 is 5.97 Å². The van der Waals surface area contributed by atoms with Crippen molar-refractivity contribution in [3.8, 4) is 0 Å². The molecule has 1 amide bonds. The van der Waals surface area contributed by atoms with Crippen LogP contribution in [0.1, 0.15) is 27.5 Å². The first kappa shape index (κ1) is 21.5. The zero-order valence-corrected chi connectivity index (χ0v) is 16.6. The van der Waals surface area contributed by atoms with E-state index in [-0.39, 0.29) is 23.0 Å². The van der Waals surface area contributed by atoms with Gasteiger partial charge in [-0.25, -0.2) is 4.79 Å². The summed E-state index contributed by atoms with van der Waals surface area (Å²) in [6.07, 6.45) is 0.558. The number of carbonyl (C=O) groups is 2. The Morgan fingerprint density at radius 2 is 1.65 bits per heavy atom. The van der Waals surface area contributed by atoms with Gasteiger partial charge in [-0.2, -0.15) is 0 Å². The Bertz CT molecular complexity index is 1070. The summed E-state index contributed by atoms with van der Waals surface area (Å²) in [5, 5.41) is 13.8. The lowest BCUT2D eigenvalue weighted by atomic mass is 9.99. The van der Waals surface area contributed by atoms with Crippen molar-refractivity contribution < 1.29 is 19.2 Å². The van der Waals surface area contributed by atoms with E-state index < -0.39 is 23.4 Å². The molecule has 0 bridgehead atoms. The smallest absolute Gasteiger partial charge is 0.341 e. The molecule has 0 unspecified atom stereocenters. The van der Waals surface area contributed by atoms with Crippen molar-refractivity contribution in [2.75, 3.05) is 12.3 Å². The molecule has 0 aliphatic rings. The molecule has 3 rings (SSSR count). The fraction of sp³-hybridized carbons (Fsp3) is 0.130. The SMILES string of the molecule is Nc1ccc([N+](=O)[O-])cc1C(=O)OCC(=O)N[C@@H](Cc1ccccc1)c1ccccc1. The van der Waals surface area contributed by atoms with Crippen molar-refractivity contribution in [3.05, 3.63) is 106 Å². The molecule has 3 aromatic carbocycles. The van der Waals surface area contributed by atoms with Gasteiger partial charge in [0.05, 0.1) is 16.5 Å². The van der Waals surface area contributed by atoms with E-state index in [4.69, 9.17) is 10.5 Å². The third kappa shape index (κ3) is 5.89. The number of carbonyl (C=O) groups excluding carboxylic acids is 2. The van der Waals surface area contributed by atoms with Crippen molar-refractivity contribution >= 4 is 23.3 Å². The van der Waals surface area contributed by atoms with Crippen molar-refractivity contribution in [1.82, 2.24) is 5.32 Å². The molecule has 31 heavy (non-hydrogen) atoms. The molecule has 3 aromatic rings. The number of nitrogens with one attached hydrogen (secondary N) is 1. The Kier molecular flexibility index (Phi) is 6.95. The van der Waals surface area contributed by atoms with E-state index in [1.165, 1.54) is 12.1 Å². The molecule has 0 radical (unpaired) electrons. The predicted molar refractivity (Wildman–Crippen MR) is 115 cm³/mol. The van der Waals surface area contributed by atoms with Crippen molar-refractivity contribution in [2.24, 2.45) is 0 Å². The van der Waals surface area contributed by atoms with Crippen LogP contribution in [-0.4, -0.2) is 23.4 Å². The number of ether oxygens (including phenoxy) is 1. The van der Waals surface area contributed by atoms with Crippen LogP contribution in [0.15, 0.2) is 78.9 Å². The number of esters is 1. The molecule has 0 spiro atoms. The first-order chi connectivity index (χ1) is 14.9. The third-order valence-corrected chi connectivity index (χ3v) is 4.62. The van der Waals surface area contributed by atoms with Gasteiger partial charge in [0.25, 0.3) is 11.6 Å². The number of rotatable bonds is 8. The number of hydrogen-bond donors (Lipinski definition) is 2. The molecule has 158 valence electrons. The summed E-state index contributed by atoms with van der Waals surface area (Å²) in [7, 11) is 0. The summed E-state index contributed by atoms with van der Waals surface area (Å²) < 4.78 is 5.04. The summed E-state index contributed by atoms with van der Waals surface area (Å²) in [5.41, 5.74) is 7.24. The van der Waals surface area contributed by atoms with Crippen LogP contribution >= 0.6 is 0 Å². The average molecular weight is 419 g/mol. The number of nitrogen functional groups attached to an aromatic ring is 1. The monoisotopic (exact) mass is 419 g/mol. The van der Waals surface area contributed by atoms with Gasteiger partial charge in [-0.05, 0) is 23.6 Å².